The van der Waals surface area contributed by atoms with Crippen molar-refractivity contribution in [3.8, 4) is 5.75 Å². The molecule has 1 aromatic rings. The predicted molar refractivity (Wildman–Crippen MR) is 55.4 cm³/mol. The van der Waals surface area contributed by atoms with Crippen molar-refractivity contribution in [2.24, 2.45) is 0 Å². The number of carbonyl (C=O) groups excluding carboxylic acids is 1. The highest BCUT2D eigenvalue weighted by molar-refractivity contribution is 5.96. The van der Waals surface area contributed by atoms with Crippen LogP contribution in [-0.2, 0) is 4.79 Å². The maximum Gasteiger partial charge on any atom is 0.323 e. The summed E-state index contributed by atoms with van der Waals surface area (Å²) in [5.41, 5.74) is 0.105. The van der Waals surface area contributed by atoms with E-state index >= 15 is 0 Å². The summed E-state index contributed by atoms with van der Waals surface area (Å²) in [5.74, 6) is -1.24. The van der Waals surface area contributed by atoms with Gasteiger partial charge < -0.3 is 14.7 Å². The molecule has 0 bridgehead atoms. The number of amides is 1. The number of pyridine rings is 1. The molecule has 0 saturated carbocycles. The van der Waals surface area contributed by atoms with Crippen LogP contribution in [0.3, 0.4) is 0 Å². The van der Waals surface area contributed by atoms with Crippen LogP contribution < -0.4 is 4.74 Å². The molecule has 0 saturated heterocycles. The first-order valence-corrected chi connectivity index (χ1v) is 4.52. The summed E-state index contributed by atoms with van der Waals surface area (Å²) in [6, 6.07) is 3.22. The van der Waals surface area contributed by atoms with Crippen molar-refractivity contribution in [2.75, 3.05) is 20.7 Å². The third-order valence-corrected chi connectivity index (χ3v) is 1.91. The molecule has 1 heterocycles. The molecule has 86 valence electrons. The maximum atomic E-state index is 11.8. The van der Waals surface area contributed by atoms with Crippen molar-refractivity contribution >= 4 is 11.9 Å². The molecule has 16 heavy (non-hydrogen) atoms. The van der Waals surface area contributed by atoms with Gasteiger partial charge in [-0.25, -0.2) is 4.98 Å². The number of aliphatic carboxylic acids is 1. The van der Waals surface area contributed by atoms with E-state index in [2.05, 4.69) is 4.98 Å². The van der Waals surface area contributed by atoms with Crippen molar-refractivity contribution in [3.63, 3.8) is 0 Å². The van der Waals surface area contributed by atoms with Gasteiger partial charge in [-0.15, -0.1) is 0 Å². The third-order valence-electron chi connectivity index (χ3n) is 1.91. The second kappa shape index (κ2) is 5.11. The van der Waals surface area contributed by atoms with E-state index in [1.165, 1.54) is 20.4 Å². The number of carboxylic acid groups (broad SMARTS) is 1. The average Bonchev–Trinajstić information content (AvgIpc) is 2.27. The number of ether oxygens (including phenoxy) is 1. The SMILES string of the molecule is COc1cccnc1C(=O)N(C)CC(=O)O. The number of hydrogen-bond acceptors (Lipinski definition) is 4. The lowest BCUT2D eigenvalue weighted by atomic mass is 10.3. The molecular weight excluding hydrogens is 212 g/mol. The molecule has 1 aromatic heterocycles. The smallest absolute Gasteiger partial charge is 0.323 e. The minimum absolute atomic E-state index is 0.105. The number of likely N-dealkylation sites (N-methyl/N-ethyl adjacent to an activating group) is 1. The van der Waals surface area contributed by atoms with Crippen LogP contribution in [0.4, 0.5) is 0 Å². The summed E-state index contributed by atoms with van der Waals surface area (Å²) in [5, 5.41) is 8.56. The largest absolute Gasteiger partial charge is 0.494 e. The maximum absolute atomic E-state index is 11.8. The van der Waals surface area contributed by atoms with Gasteiger partial charge >= 0.3 is 5.97 Å². The van der Waals surface area contributed by atoms with Gasteiger partial charge in [-0.2, -0.15) is 0 Å². The lowest BCUT2D eigenvalue weighted by Crippen LogP contribution is -2.32. The van der Waals surface area contributed by atoms with E-state index in [0.717, 1.165) is 4.90 Å². The Kier molecular flexibility index (Phi) is 3.82. The Morgan fingerprint density at radius 2 is 2.25 bits per heavy atom. The van der Waals surface area contributed by atoms with Gasteiger partial charge in [0.05, 0.1) is 7.11 Å². The first-order chi connectivity index (χ1) is 7.56. The fourth-order valence-corrected chi connectivity index (χ4v) is 1.17. The molecular formula is C10H12N2O4. The Morgan fingerprint density at radius 1 is 1.56 bits per heavy atom. The number of aromatic nitrogens is 1. The normalized spacial score (nSPS) is 9.62. The minimum atomic E-state index is -1.08. The molecule has 0 aliphatic rings. The Bertz CT molecular complexity index is 406. The van der Waals surface area contributed by atoms with E-state index in [0.29, 0.717) is 5.75 Å². The Labute approximate surface area is 92.5 Å². The fourth-order valence-electron chi connectivity index (χ4n) is 1.17. The topological polar surface area (TPSA) is 79.7 Å². The number of nitrogens with zero attached hydrogens (tertiary/aromatic N) is 2. The number of carboxylic acids is 1. The van der Waals surface area contributed by atoms with E-state index in [4.69, 9.17) is 9.84 Å². The molecule has 0 fully saturated rings. The van der Waals surface area contributed by atoms with Gasteiger partial charge in [0.2, 0.25) is 0 Å². The zero-order valence-electron chi connectivity index (χ0n) is 9.01. The van der Waals surface area contributed by atoms with E-state index in [-0.39, 0.29) is 12.2 Å². The lowest BCUT2D eigenvalue weighted by molar-refractivity contribution is -0.137. The molecule has 0 spiro atoms. The summed E-state index contributed by atoms with van der Waals surface area (Å²) in [6.07, 6.45) is 1.45. The zero-order valence-corrected chi connectivity index (χ0v) is 9.01. The molecule has 1 rings (SSSR count). The Balaban J connectivity index is 2.91. The highest BCUT2D eigenvalue weighted by atomic mass is 16.5. The summed E-state index contributed by atoms with van der Waals surface area (Å²) < 4.78 is 4.96. The number of hydrogen-bond donors (Lipinski definition) is 1. The zero-order chi connectivity index (χ0) is 12.1. The summed E-state index contributed by atoms with van der Waals surface area (Å²) >= 11 is 0. The van der Waals surface area contributed by atoms with Gasteiger partial charge in [0, 0.05) is 13.2 Å². The molecule has 0 aliphatic carbocycles. The van der Waals surface area contributed by atoms with Crippen LogP contribution in [0.5, 0.6) is 5.75 Å². The van der Waals surface area contributed by atoms with Crippen molar-refractivity contribution in [1.29, 1.82) is 0 Å². The highest BCUT2D eigenvalue weighted by Gasteiger charge is 2.19. The summed E-state index contributed by atoms with van der Waals surface area (Å²) in [7, 11) is 2.82. The average molecular weight is 224 g/mol. The predicted octanol–water partition coefficient (Wildman–Crippen LogP) is 0.247. The second-order valence-corrected chi connectivity index (χ2v) is 3.11. The molecule has 0 aromatic carbocycles. The van der Waals surface area contributed by atoms with Gasteiger partial charge in [-0.3, -0.25) is 9.59 Å². The molecule has 0 unspecified atom stereocenters. The molecule has 6 nitrogen and oxygen atoms in total. The van der Waals surface area contributed by atoms with Crippen molar-refractivity contribution in [3.05, 3.63) is 24.0 Å². The van der Waals surface area contributed by atoms with Crippen molar-refractivity contribution < 1.29 is 19.4 Å². The van der Waals surface area contributed by atoms with Gasteiger partial charge in [-0.1, -0.05) is 0 Å². The van der Waals surface area contributed by atoms with E-state index < -0.39 is 11.9 Å². The Morgan fingerprint density at radius 3 is 2.81 bits per heavy atom. The standard InChI is InChI=1S/C10H12N2O4/c1-12(6-8(13)14)10(15)9-7(16-2)4-3-5-11-9/h3-5H,6H2,1-2H3,(H,13,14). The number of carbonyl (C=O) groups is 2. The van der Waals surface area contributed by atoms with Gasteiger partial charge in [-0.05, 0) is 12.1 Å². The molecule has 0 atom stereocenters. The summed E-state index contributed by atoms with van der Waals surface area (Å²) in [6.45, 7) is -0.376. The molecule has 6 heteroatoms. The van der Waals surface area contributed by atoms with Gasteiger partial charge in [0.15, 0.2) is 5.69 Å². The fraction of sp³-hybridized carbons (Fsp3) is 0.300. The van der Waals surface area contributed by atoms with Gasteiger partial charge in [0.1, 0.15) is 12.3 Å². The van der Waals surface area contributed by atoms with Gasteiger partial charge in [0.25, 0.3) is 5.91 Å². The van der Waals surface area contributed by atoms with E-state index in [1.807, 2.05) is 0 Å². The second-order valence-electron chi connectivity index (χ2n) is 3.11. The van der Waals surface area contributed by atoms with Crippen LogP contribution in [0.2, 0.25) is 0 Å². The van der Waals surface area contributed by atoms with Crippen LogP contribution in [-0.4, -0.2) is 47.6 Å². The van der Waals surface area contributed by atoms with Crippen LogP contribution in [0.1, 0.15) is 10.5 Å². The number of rotatable bonds is 4. The van der Waals surface area contributed by atoms with Crippen LogP contribution in [0, 0.1) is 0 Å². The monoisotopic (exact) mass is 224 g/mol. The third kappa shape index (κ3) is 2.69. The first-order valence-electron chi connectivity index (χ1n) is 4.52. The molecule has 1 N–H and O–H groups in total. The van der Waals surface area contributed by atoms with E-state index in [9.17, 15) is 9.59 Å². The van der Waals surface area contributed by atoms with Crippen molar-refractivity contribution in [1.82, 2.24) is 9.88 Å². The van der Waals surface area contributed by atoms with Crippen LogP contribution in [0.25, 0.3) is 0 Å². The molecule has 1 amide bonds. The molecule has 0 radical (unpaired) electrons. The quantitative estimate of drug-likeness (QED) is 0.792. The highest BCUT2D eigenvalue weighted by Crippen LogP contribution is 2.15. The van der Waals surface area contributed by atoms with Crippen LogP contribution >= 0.6 is 0 Å². The summed E-state index contributed by atoms with van der Waals surface area (Å²) in [4.78, 5) is 27.2. The lowest BCUT2D eigenvalue weighted by Gasteiger charge is -2.15. The van der Waals surface area contributed by atoms with E-state index in [1.54, 1.807) is 12.1 Å². The van der Waals surface area contributed by atoms with Crippen molar-refractivity contribution in [2.45, 2.75) is 0 Å². The molecule has 0 aliphatic heterocycles. The Hall–Kier alpha value is -2.11. The number of methoxy groups -OCH3 is 1. The van der Waals surface area contributed by atoms with Crippen LogP contribution in [0.15, 0.2) is 18.3 Å². The minimum Gasteiger partial charge on any atom is -0.494 e. The first kappa shape index (κ1) is 12.0.